The van der Waals surface area contributed by atoms with Gasteiger partial charge in [-0.1, -0.05) is 24.3 Å². The Balaban J connectivity index is 1.98. The fourth-order valence-corrected chi connectivity index (χ4v) is 1.90. The van der Waals surface area contributed by atoms with Gasteiger partial charge in [-0.2, -0.15) is 0 Å². The zero-order valence-electron chi connectivity index (χ0n) is 10.2. The molecular formula is C16H12N2O. The molecule has 0 radical (unpaired) electrons. The summed E-state index contributed by atoms with van der Waals surface area (Å²) in [6.45, 7) is 0. The summed E-state index contributed by atoms with van der Waals surface area (Å²) in [6.07, 6.45) is 7.38. The quantitative estimate of drug-likeness (QED) is 0.755. The Morgan fingerprint density at radius 1 is 0.895 bits per heavy atom. The first-order chi connectivity index (χ1) is 9.33. The van der Waals surface area contributed by atoms with Gasteiger partial charge >= 0.3 is 0 Å². The van der Waals surface area contributed by atoms with Gasteiger partial charge in [0.15, 0.2) is 0 Å². The van der Waals surface area contributed by atoms with Gasteiger partial charge < -0.3 is 5.11 Å². The third-order valence-electron chi connectivity index (χ3n) is 2.87. The number of aromatic hydroxyl groups is 1. The van der Waals surface area contributed by atoms with Crippen LogP contribution in [0.3, 0.4) is 0 Å². The van der Waals surface area contributed by atoms with Crippen molar-refractivity contribution < 1.29 is 5.11 Å². The summed E-state index contributed by atoms with van der Waals surface area (Å²) in [7, 11) is 0. The highest BCUT2D eigenvalue weighted by molar-refractivity contribution is 5.85. The van der Waals surface area contributed by atoms with Crippen molar-refractivity contribution in [1.82, 2.24) is 9.97 Å². The summed E-state index contributed by atoms with van der Waals surface area (Å²) in [6, 6.07) is 13.1. The van der Waals surface area contributed by atoms with Crippen molar-refractivity contribution in [3.05, 3.63) is 66.1 Å². The second-order valence-corrected chi connectivity index (χ2v) is 4.20. The third kappa shape index (κ3) is 2.45. The molecule has 0 unspecified atom stereocenters. The highest BCUT2D eigenvalue weighted by Crippen LogP contribution is 2.22. The van der Waals surface area contributed by atoms with Gasteiger partial charge in [0, 0.05) is 17.8 Å². The molecule has 0 fully saturated rings. The maximum Gasteiger partial charge on any atom is 0.141 e. The molecule has 0 aliphatic heterocycles. The van der Waals surface area contributed by atoms with Crippen molar-refractivity contribution in [2.24, 2.45) is 0 Å². The minimum absolute atomic E-state index is 0.205. The zero-order chi connectivity index (χ0) is 13.1. The molecule has 1 aromatic carbocycles. The maximum atomic E-state index is 9.79. The van der Waals surface area contributed by atoms with Gasteiger partial charge in [-0.15, -0.1) is 0 Å². The van der Waals surface area contributed by atoms with E-state index < -0.39 is 0 Å². The Hall–Kier alpha value is -2.68. The standard InChI is InChI=1S/C16H12N2O/c19-15-3-1-2-13-5-7-14(18-16(13)15)6-4-12-8-10-17-11-9-12/h1-11,19H/b6-4+. The highest BCUT2D eigenvalue weighted by Gasteiger charge is 2.00. The van der Waals surface area contributed by atoms with Crippen LogP contribution in [0, 0.1) is 0 Å². The largest absolute Gasteiger partial charge is 0.506 e. The monoisotopic (exact) mass is 248 g/mol. The van der Waals surface area contributed by atoms with Crippen LogP contribution in [0.1, 0.15) is 11.3 Å². The number of pyridine rings is 2. The molecule has 0 saturated heterocycles. The lowest BCUT2D eigenvalue weighted by atomic mass is 10.1. The van der Waals surface area contributed by atoms with E-state index in [2.05, 4.69) is 9.97 Å². The van der Waals surface area contributed by atoms with E-state index in [-0.39, 0.29) is 5.75 Å². The minimum atomic E-state index is 0.205. The van der Waals surface area contributed by atoms with E-state index in [1.807, 2.05) is 48.6 Å². The smallest absolute Gasteiger partial charge is 0.141 e. The molecule has 2 aromatic heterocycles. The average molecular weight is 248 g/mol. The lowest BCUT2D eigenvalue weighted by molar-refractivity contribution is 0.480. The van der Waals surface area contributed by atoms with Crippen LogP contribution < -0.4 is 0 Å². The summed E-state index contributed by atoms with van der Waals surface area (Å²) in [5.41, 5.74) is 2.50. The number of para-hydroxylation sites is 1. The number of nitrogens with zero attached hydrogens (tertiary/aromatic N) is 2. The number of fused-ring (bicyclic) bond motifs is 1. The summed E-state index contributed by atoms with van der Waals surface area (Å²) in [5.74, 6) is 0.205. The van der Waals surface area contributed by atoms with Crippen molar-refractivity contribution in [2.45, 2.75) is 0 Å². The number of hydrogen-bond acceptors (Lipinski definition) is 3. The first kappa shape index (κ1) is 11.4. The Kier molecular flexibility index (Phi) is 2.94. The average Bonchev–Trinajstić information content (AvgIpc) is 2.47. The number of benzene rings is 1. The molecule has 3 nitrogen and oxygen atoms in total. The molecule has 3 heteroatoms. The van der Waals surface area contributed by atoms with Gasteiger partial charge in [-0.3, -0.25) is 4.98 Å². The zero-order valence-corrected chi connectivity index (χ0v) is 10.2. The Morgan fingerprint density at radius 2 is 1.74 bits per heavy atom. The summed E-state index contributed by atoms with van der Waals surface area (Å²) >= 11 is 0. The number of phenolic OH excluding ortho intramolecular Hbond substituents is 1. The molecule has 0 aliphatic rings. The van der Waals surface area contributed by atoms with Crippen LogP contribution >= 0.6 is 0 Å². The Morgan fingerprint density at radius 3 is 2.58 bits per heavy atom. The molecule has 92 valence electrons. The lowest BCUT2D eigenvalue weighted by Gasteiger charge is -2.01. The molecule has 0 saturated carbocycles. The Bertz CT molecular complexity index is 736. The highest BCUT2D eigenvalue weighted by atomic mass is 16.3. The van der Waals surface area contributed by atoms with Crippen molar-refractivity contribution in [3.8, 4) is 5.75 Å². The second kappa shape index (κ2) is 4.90. The normalized spacial score (nSPS) is 11.2. The molecule has 1 N–H and O–H groups in total. The minimum Gasteiger partial charge on any atom is -0.506 e. The van der Waals surface area contributed by atoms with Crippen molar-refractivity contribution in [3.63, 3.8) is 0 Å². The van der Waals surface area contributed by atoms with Crippen LogP contribution in [-0.4, -0.2) is 15.1 Å². The van der Waals surface area contributed by atoms with Gasteiger partial charge in [-0.05, 0) is 35.9 Å². The number of aromatic nitrogens is 2. The second-order valence-electron chi connectivity index (χ2n) is 4.20. The molecule has 0 amide bonds. The molecule has 0 spiro atoms. The fraction of sp³-hybridized carbons (Fsp3) is 0. The van der Waals surface area contributed by atoms with E-state index in [4.69, 9.17) is 0 Å². The lowest BCUT2D eigenvalue weighted by Crippen LogP contribution is -1.83. The van der Waals surface area contributed by atoms with E-state index >= 15 is 0 Å². The predicted octanol–water partition coefficient (Wildman–Crippen LogP) is 3.51. The van der Waals surface area contributed by atoms with Gasteiger partial charge in [0.2, 0.25) is 0 Å². The third-order valence-corrected chi connectivity index (χ3v) is 2.87. The SMILES string of the molecule is Oc1cccc2ccc(/C=C/c3ccncc3)nc12. The number of rotatable bonds is 2. The molecule has 0 aliphatic carbocycles. The van der Waals surface area contributed by atoms with Crippen LogP contribution in [0.4, 0.5) is 0 Å². The van der Waals surface area contributed by atoms with Crippen molar-refractivity contribution in [2.75, 3.05) is 0 Å². The van der Waals surface area contributed by atoms with Gasteiger partial charge in [0.05, 0.1) is 5.69 Å². The molecule has 2 heterocycles. The number of phenols is 1. The summed E-state index contributed by atoms with van der Waals surface area (Å²) in [4.78, 5) is 8.41. The predicted molar refractivity (Wildman–Crippen MR) is 76.6 cm³/mol. The summed E-state index contributed by atoms with van der Waals surface area (Å²) < 4.78 is 0. The molecule has 19 heavy (non-hydrogen) atoms. The van der Waals surface area contributed by atoms with Gasteiger partial charge in [0.1, 0.15) is 11.3 Å². The van der Waals surface area contributed by atoms with E-state index in [9.17, 15) is 5.11 Å². The van der Waals surface area contributed by atoms with E-state index in [1.54, 1.807) is 18.5 Å². The van der Waals surface area contributed by atoms with Crippen molar-refractivity contribution in [1.29, 1.82) is 0 Å². The van der Waals surface area contributed by atoms with Crippen LogP contribution in [0.15, 0.2) is 54.9 Å². The first-order valence-corrected chi connectivity index (χ1v) is 6.00. The molecule has 0 bridgehead atoms. The molecule has 0 atom stereocenters. The fourth-order valence-electron chi connectivity index (χ4n) is 1.90. The molecule has 3 aromatic rings. The number of hydrogen-bond donors (Lipinski definition) is 1. The topological polar surface area (TPSA) is 46.0 Å². The van der Waals surface area contributed by atoms with E-state index in [0.29, 0.717) is 5.52 Å². The van der Waals surface area contributed by atoms with Crippen LogP contribution in [0.25, 0.3) is 23.1 Å². The van der Waals surface area contributed by atoms with E-state index in [1.165, 1.54) is 0 Å². The van der Waals surface area contributed by atoms with Gasteiger partial charge in [-0.25, -0.2) is 4.98 Å². The van der Waals surface area contributed by atoms with E-state index in [0.717, 1.165) is 16.6 Å². The van der Waals surface area contributed by atoms with Crippen LogP contribution in [-0.2, 0) is 0 Å². The first-order valence-electron chi connectivity index (χ1n) is 6.00. The van der Waals surface area contributed by atoms with Crippen LogP contribution in [0.2, 0.25) is 0 Å². The van der Waals surface area contributed by atoms with Crippen LogP contribution in [0.5, 0.6) is 5.75 Å². The molecular weight excluding hydrogens is 236 g/mol. The molecule has 3 rings (SSSR count). The Labute approximate surface area is 110 Å². The van der Waals surface area contributed by atoms with Gasteiger partial charge in [0.25, 0.3) is 0 Å². The summed E-state index contributed by atoms with van der Waals surface area (Å²) in [5, 5.41) is 10.7. The van der Waals surface area contributed by atoms with Crippen molar-refractivity contribution >= 4 is 23.1 Å². The maximum absolute atomic E-state index is 9.79.